The van der Waals surface area contributed by atoms with Crippen LogP contribution < -0.4 is 5.32 Å². The fraction of sp³-hybridized carbons (Fsp3) is 0.583. The standard InChI is InChI=1S/C12H18ClNO3/c1-8(2)6-12(3,16)7-14-11(15)9-4-5-10(13)17-9/h4-5,8,16H,6-7H2,1-3H3,(H,14,15). The minimum atomic E-state index is -0.916. The smallest absolute Gasteiger partial charge is 0.287 e. The third kappa shape index (κ3) is 4.79. The van der Waals surface area contributed by atoms with Crippen molar-refractivity contribution in [3.8, 4) is 0 Å². The monoisotopic (exact) mass is 259 g/mol. The number of furan rings is 1. The van der Waals surface area contributed by atoms with Crippen molar-refractivity contribution in [3.05, 3.63) is 23.1 Å². The first-order valence-electron chi connectivity index (χ1n) is 5.56. The number of hydrogen-bond acceptors (Lipinski definition) is 3. The predicted octanol–water partition coefficient (Wildman–Crippen LogP) is 2.46. The maximum atomic E-state index is 11.6. The molecule has 0 aliphatic rings. The van der Waals surface area contributed by atoms with Crippen molar-refractivity contribution in [2.75, 3.05) is 6.54 Å². The lowest BCUT2D eigenvalue weighted by Gasteiger charge is -2.25. The Morgan fingerprint density at radius 1 is 1.59 bits per heavy atom. The Labute approximate surface area is 106 Å². The molecule has 5 heteroatoms. The summed E-state index contributed by atoms with van der Waals surface area (Å²) in [4.78, 5) is 11.6. The van der Waals surface area contributed by atoms with Gasteiger partial charge in [0.05, 0.1) is 5.60 Å². The number of carbonyl (C=O) groups is 1. The van der Waals surface area contributed by atoms with E-state index in [0.29, 0.717) is 12.3 Å². The van der Waals surface area contributed by atoms with E-state index in [-0.39, 0.29) is 23.4 Å². The van der Waals surface area contributed by atoms with Gasteiger partial charge < -0.3 is 14.8 Å². The van der Waals surface area contributed by atoms with Crippen LogP contribution >= 0.6 is 11.6 Å². The Balaban J connectivity index is 2.48. The van der Waals surface area contributed by atoms with Gasteiger partial charge in [0.15, 0.2) is 11.0 Å². The first-order chi connectivity index (χ1) is 7.80. The van der Waals surface area contributed by atoms with Gasteiger partial charge in [-0.2, -0.15) is 0 Å². The maximum Gasteiger partial charge on any atom is 0.287 e. The summed E-state index contributed by atoms with van der Waals surface area (Å²) in [5.74, 6) is 0.135. The van der Waals surface area contributed by atoms with Crippen molar-refractivity contribution in [2.45, 2.75) is 32.8 Å². The molecule has 1 unspecified atom stereocenters. The summed E-state index contributed by atoms with van der Waals surface area (Å²) in [6, 6.07) is 3.00. The second-order valence-electron chi connectivity index (χ2n) is 4.88. The lowest BCUT2D eigenvalue weighted by molar-refractivity contribution is 0.0364. The van der Waals surface area contributed by atoms with Crippen LogP contribution in [-0.2, 0) is 0 Å². The quantitative estimate of drug-likeness (QED) is 0.854. The van der Waals surface area contributed by atoms with Gasteiger partial charge in [-0.25, -0.2) is 0 Å². The zero-order valence-corrected chi connectivity index (χ0v) is 11.0. The molecule has 0 saturated carbocycles. The lowest BCUT2D eigenvalue weighted by Crippen LogP contribution is -2.41. The van der Waals surface area contributed by atoms with Crippen molar-refractivity contribution in [1.82, 2.24) is 5.32 Å². The highest BCUT2D eigenvalue weighted by Gasteiger charge is 2.23. The molecule has 0 radical (unpaired) electrons. The topological polar surface area (TPSA) is 62.5 Å². The Bertz CT molecular complexity index is 385. The van der Waals surface area contributed by atoms with Gasteiger partial charge in [-0.15, -0.1) is 0 Å². The molecular weight excluding hydrogens is 242 g/mol. The van der Waals surface area contributed by atoms with E-state index in [1.807, 2.05) is 13.8 Å². The highest BCUT2D eigenvalue weighted by Crippen LogP contribution is 2.16. The van der Waals surface area contributed by atoms with Gasteiger partial charge in [0.1, 0.15) is 0 Å². The van der Waals surface area contributed by atoms with Crippen molar-refractivity contribution in [1.29, 1.82) is 0 Å². The second kappa shape index (κ2) is 5.56. The normalized spacial score (nSPS) is 14.7. The summed E-state index contributed by atoms with van der Waals surface area (Å²) in [5, 5.41) is 12.8. The van der Waals surface area contributed by atoms with Gasteiger partial charge in [0, 0.05) is 6.54 Å². The minimum absolute atomic E-state index is 0.148. The fourth-order valence-corrected chi connectivity index (χ4v) is 1.89. The first-order valence-corrected chi connectivity index (χ1v) is 5.94. The average Bonchev–Trinajstić information content (AvgIpc) is 2.59. The van der Waals surface area contributed by atoms with Crippen LogP contribution in [0, 0.1) is 5.92 Å². The Kier molecular flexibility index (Phi) is 4.60. The summed E-state index contributed by atoms with van der Waals surface area (Å²) in [7, 11) is 0. The molecule has 1 aromatic heterocycles. The second-order valence-corrected chi connectivity index (χ2v) is 5.25. The highest BCUT2D eigenvalue weighted by molar-refractivity contribution is 6.29. The molecular formula is C12H18ClNO3. The largest absolute Gasteiger partial charge is 0.440 e. The fourth-order valence-electron chi connectivity index (χ4n) is 1.75. The van der Waals surface area contributed by atoms with E-state index in [9.17, 15) is 9.90 Å². The number of halogens is 1. The molecule has 0 bridgehead atoms. The van der Waals surface area contributed by atoms with Crippen LogP contribution in [0.4, 0.5) is 0 Å². The third-order valence-electron chi connectivity index (χ3n) is 2.27. The van der Waals surface area contributed by atoms with Gasteiger partial charge in [-0.3, -0.25) is 4.79 Å². The summed E-state index contributed by atoms with van der Waals surface area (Å²) >= 11 is 5.57. The first kappa shape index (κ1) is 14.1. The van der Waals surface area contributed by atoms with Crippen molar-refractivity contribution in [2.24, 2.45) is 5.92 Å². The molecule has 0 aromatic carbocycles. The van der Waals surface area contributed by atoms with Crippen molar-refractivity contribution >= 4 is 17.5 Å². The molecule has 1 atom stereocenters. The lowest BCUT2D eigenvalue weighted by atomic mass is 9.94. The van der Waals surface area contributed by atoms with Crippen LogP contribution in [0.15, 0.2) is 16.5 Å². The molecule has 2 N–H and O–H groups in total. The van der Waals surface area contributed by atoms with Gasteiger partial charge in [-0.05, 0) is 43.0 Å². The van der Waals surface area contributed by atoms with Crippen LogP contribution in [-0.4, -0.2) is 23.2 Å². The SMILES string of the molecule is CC(C)CC(C)(O)CNC(=O)c1ccc(Cl)o1. The molecule has 96 valence electrons. The van der Waals surface area contributed by atoms with E-state index < -0.39 is 5.60 Å². The van der Waals surface area contributed by atoms with E-state index >= 15 is 0 Å². The van der Waals surface area contributed by atoms with Crippen LogP contribution in [0.1, 0.15) is 37.7 Å². The van der Waals surface area contributed by atoms with E-state index in [0.717, 1.165) is 0 Å². The summed E-state index contributed by atoms with van der Waals surface area (Å²) < 4.78 is 4.96. The van der Waals surface area contributed by atoms with Crippen molar-refractivity contribution < 1.29 is 14.3 Å². The van der Waals surface area contributed by atoms with E-state index in [2.05, 4.69) is 5.32 Å². The molecule has 4 nitrogen and oxygen atoms in total. The molecule has 1 amide bonds. The molecule has 0 aliphatic heterocycles. The zero-order chi connectivity index (χ0) is 13.1. The highest BCUT2D eigenvalue weighted by atomic mass is 35.5. The average molecular weight is 260 g/mol. The molecule has 1 rings (SSSR count). The molecule has 0 aliphatic carbocycles. The minimum Gasteiger partial charge on any atom is -0.440 e. The van der Waals surface area contributed by atoms with Crippen LogP contribution in [0.5, 0.6) is 0 Å². The van der Waals surface area contributed by atoms with E-state index in [1.165, 1.54) is 12.1 Å². The number of nitrogens with one attached hydrogen (secondary N) is 1. The molecule has 0 saturated heterocycles. The zero-order valence-electron chi connectivity index (χ0n) is 10.3. The van der Waals surface area contributed by atoms with Gasteiger partial charge >= 0.3 is 0 Å². The van der Waals surface area contributed by atoms with E-state index in [4.69, 9.17) is 16.0 Å². The Hall–Kier alpha value is -1.00. The summed E-state index contributed by atoms with van der Waals surface area (Å²) in [6.45, 7) is 5.91. The number of hydrogen-bond donors (Lipinski definition) is 2. The van der Waals surface area contributed by atoms with Crippen molar-refractivity contribution in [3.63, 3.8) is 0 Å². The maximum absolute atomic E-state index is 11.6. The molecule has 0 spiro atoms. The number of rotatable bonds is 5. The number of amides is 1. The Morgan fingerprint density at radius 2 is 2.24 bits per heavy atom. The number of carbonyl (C=O) groups excluding carboxylic acids is 1. The summed E-state index contributed by atoms with van der Waals surface area (Å²) in [6.07, 6.45) is 0.617. The van der Waals surface area contributed by atoms with Gasteiger partial charge in [0.2, 0.25) is 0 Å². The van der Waals surface area contributed by atoms with Crippen LogP contribution in [0.25, 0.3) is 0 Å². The van der Waals surface area contributed by atoms with Crippen LogP contribution in [0.3, 0.4) is 0 Å². The number of aliphatic hydroxyl groups is 1. The molecule has 17 heavy (non-hydrogen) atoms. The van der Waals surface area contributed by atoms with Crippen LogP contribution in [0.2, 0.25) is 5.22 Å². The molecule has 1 heterocycles. The predicted molar refractivity (Wildman–Crippen MR) is 66.1 cm³/mol. The van der Waals surface area contributed by atoms with Gasteiger partial charge in [0.25, 0.3) is 5.91 Å². The molecule has 1 aromatic rings. The third-order valence-corrected chi connectivity index (χ3v) is 2.48. The molecule has 0 fully saturated rings. The summed E-state index contributed by atoms with van der Waals surface area (Å²) in [5.41, 5.74) is -0.916. The van der Waals surface area contributed by atoms with Gasteiger partial charge in [-0.1, -0.05) is 13.8 Å². The Morgan fingerprint density at radius 3 is 2.71 bits per heavy atom. The van der Waals surface area contributed by atoms with E-state index in [1.54, 1.807) is 6.92 Å².